The molecule has 0 amide bonds. The third-order valence-electron chi connectivity index (χ3n) is 2.11. The van der Waals surface area contributed by atoms with Crippen molar-refractivity contribution in [2.24, 2.45) is 0 Å². The molecular formula is C14H20FNO. The molecule has 1 rings (SSSR count). The lowest BCUT2D eigenvalue weighted by Gasteiger charge is -2.21. The maximum atomic E-state index is 12.9. The zero-order chi connectivity index (χ0) is 12.9. The molecule has 3 heteroatoms. The summed E-state index contributed by atoms with van der Waals surface area (Å²) in [7, 11) is 0. The lowest BCUT2D eigenvalue weighted by Crippen LogP contribution is -2.37. The monoisotopic (exact) mass is 237 g/mol. The Morgan fingerprint density at radius 1 is 1.41 bits per heavy atom. The minimum Gasteiger partial charge on any atom is -0.489 e. The quantitative estimate of drug-likeness (QED) is 0.794. The Morgan fingerprint density at radius 2 is 2.12 bits per heavy atom. The number of hydrogen-bond donors (Lipinski definition) is 1. The Morgan fingerprint density at radius 3 is 2.71 bits per heavy atom. The fraction of sp³-hybridized carbons (Fsp3) is 0.429. The van der Waals surface area contributed by atoms with Gasteiger partial charge in [-0.1, -0.05) is 12.6 Å². The van der Waals surface area contributed by atoms with E-state index in [-0.39, 0.29) is 11.4 Å². The van der Waals surface area contributed by atoms with Crippen LogP contribution in [0.4, 0.5) is 4.39 Å². The van der Waals surface area contributed by atoms with Crippen LogP contribution in [0.25, 0.3) is 0 Å². The van der Waals surface area contributed by atoms with Gasteiger partial charge in [-0.3, -0.25) is 0 Å². The van der Waals surface area contributed by atoms with Crippen molar-refractivity contribution in [2.45, 2.75) is 26.3 Å². The van der Waals surface area contributed by atoms with Gasteiger partial charge in [0.25, 0.3) is 0 Å². The predicted octanol–water partition coefficient (Wildman–Crippen LogP) is 3.15. The lowest BCUT2D eigenvalue weighted by molar-refractivity contribution is 0.340. The minimum atomic E-state index is -0.291. The van der Waals surface area contributed by atoms with Gasteiger partial charge in [0.05, 0.1) is 0 Å². The molecular weight excluding hydrogens is 217 g/mol. The van der Waals surface area contributed by atoms with E-state index in [9.17, 15) is 4.39 Å². The van der Waals surface area contributed by atoms with Crippen molar-refractivity contribution in [2.75, 3.05) is 13.2 Å². The molecule has 0 saturated carbocycles. The summed E-state index contributed by atoms with van der Waals surface area (Å²) in [6, 6.07) is 6.11. The second-order valence-electron chi connectivity index (χ2n) is 5.10. The topological polar surface area (TPSA) is 21.3 Å². The van der Waals surface area contributed by atoms with Gasteiger partial charge in [-0.15, -0.1) is 0 Å². The third-order valence-corrected chi connectivity index (χ3v) is 2.11. The normalized spacial score (nSPS) is 11.3. The second-order valence-corrected chi connectivity index (χ2v) is 5.10. The zero-order valence-electron chi connectivity index (χ0n) is 10.7. The smallest absolute Gasteiger partial charge is 0.126 e. The fourth-order valence-electron chi connectivity index (χ4n) is 1.18. The molecule has 0 aliphatic heterocycles. The molecule has 0 aliphatic rings. The molecule has 0 bridgehead atoms. The van der Waals surface area contributed by atoms with Crippen LogP contribution in [-0.2, 0) is 0 Å². The van der Waals surface area contributed by atoms with Crippen LogP contribution in [0, 0.1) is 5.82 Å². The van der Waals surface area contributed by atoms with Gasteiger partial charge < -0.3 is 10.1 Å². The summed E-state index contributed by atoms with van der Waals surface area (Å²) >= 11 is 0. The Hall–Kier alpha value is -1.35. The van der Waals surface area contributed by atoms with Gasteiger partial charge in [0.1, 0.15) is 18.2 Å². The van der Waals surface area contributed by atoms with Crippen LogP contribution in [-0.4, -0.2) is 18.7 Å². The molecule has 1 N–H and O–H groups in total. The summed E-state index contributed by atoms with van der Waals surface area (Å²) in [4.78, 5) is 0. The van der Waals surface area contributed by atoms with Crippen molar-refractivity contribution in [1.82, 2.24) is 5.32 Å². The van der Waals surface area contributed by atoms with Gasteiger partial charge in [0, 0.05) is 18.2 Å². The molecule has 17 heavy (non-hydrogen) atoms. The Balaban J connectivity index is 2.33. The highest BCUT2D eigenvalue weighted by Crippen LogP contribution is 2.12. The van der Waals surface area contributed by atoms with Crippen molar-refractivity contribution in [3.05, 3.63) is 42.2 Å². The number of ether oxygens (including phenoxy) is 1. The number of rotatable bonds is 5. The summed E-state index contributed by atoms with van der Waals surface area (Å²) in [5.74, 6) is 0.239. The van der Waals surface area contributed by atoms with E-state index in [0.717, 1.165) is 5.57 Å². The summed E-state index contributed by atoms with van der Waals surface area (Å²) in [6.45, 7) is 11.3. The van der Waals surface area contributed by atoms with Crippen molar-refractivity contribution in [3.8, 4) is 5.75 Å². The molecule has 0 unspecified atom stereocenters. The zero-order valence-corrected chi connectivity index (χ0v) is 10.7. The number of benzene rings is 1. The number of hydrogen-bond acceptors (Lipinski definition) is 2. The highest BCUT2D eigenvalue weighted by molar-refractivity contribution is 5.23. The van der Waals surface area contributed by atoms with E-state index < -0.39 is 0 Å². The first kappa shape index (κ1) is 13.7. The number of nitrogens with one attached hydrogen (secondary N) is 1. The molecule has 2 nitrogen and oxygen atoms in total. The summed E-state index contributed by atoms with van der Waals surface area (Å²) < 4.78 is 18.3. The van der Waals surface area contributed by atoms with Gasteiger partial charge >= 0.3 is 0 Å². The minimum absolute atomic E-state index is 0.0573. The van der Waals surface area contributed by atoms with Crippen LogP contribution in [0.1, 0.15) is 20.8 Å². The Kier molecular flexibility index (Phi) is 4.70. The van der Waals surface area contributed by atoms with E-state index in [2.05, 4.69) is 32.7 Å². The Labute approximate surface area is 102 Å². The highest BCUT2D eigenvalue weighted by atomic mass is 19.1. The highest BCUT2D eigenvalue weighted by Gasteiger charge is 2.08. The molecule has 0 atom stereocenters. The molecule has 0 spiro atoms. The van der Waals surface area contributed by atoms with Gasteiger partial charge in [-0.05, 0) is 38.5 Å². The van der Waals surface area contributed by atoms with Crippen molar-refractivity contribution in [3.63, 3.8) is 0 Å². The second kappa shape index (κ2) is 5.82. The van der Waals surface area contributed by atoms with E-state index in [1.165, 1.54) is 12.1 Å². The molecule has 94 valence electrons. The standard InChI is InChI=1S/C14H20FNO/c1-11(9-16-14(2,3)4)10-17-13-7-5-6-12(15)8-13/h5-8,16H,1,9-10H2,2-4H3. The van der Waals surface area contributed by atoms with Crippen LogP contribution in [0.15, 0.2) is 36.4 Å². The third kappa shape index (κ3) is 6.07. The molecule has 0 saturated heterocycles. The largest absolute Gasteiger partial charge is 0.489 e. The van der Waals surface area contributed by atoms with E-state index in [0.29, 0.717) is 18.9 Å². The van der Waals surface area contributed by atoms with Crippen LogP contribution in [0.2, 0.25) is 0 Å². The van der Waals surface area contributed by atoms with Crippen molar-refractivity contribution in [1.29, 1.82) is 0 Å². The lowest BCUT2D eigenvalue weighted by atomic mass is 10.1. The van der Waals surface area contributed by atoms with E-state index in [1.807, 2.05) is 0 Å². The molecule has 0 radical (unpaired) electrons. The molecule has 0 aromatic heterocycles. The first-order chi connectivity index (χ1) is 7.87. The fourth-order valence-corrected chi connectivity index (χ4v) is 1.18. The van der Waals surface area contributed by atoms with Gasteiger partial charge in [-0.2, -0.15) is 0 Å². The van der Waals surface area contributed by atoms with Gasteiger partial charge in [0.2, 0.25) is 0 Å². The van der Waals surface area contributed by atoms with Gasteiger partial charge in [0.15, 0.2) is 0 Å². The van der Waals surface area contributed by atoms with Crippen LogP contribution in [0.5, 0.6) is 5.75 Å². The molecule has 1 aromatic rings. The maximum absolute atomic E-state index is 12.9. The summed E-state index contributed by atoms with van der Waals surface area (Å²) in [6.07, 6.45) is 0. The molecule has 1 aromatic carbocycles. The van der Waals surface area contributed by atoms with E-state index in [1.54, 1.807) is 12.1 Å². The van der Waals surface area contributed by atoms with Gasteiger partial charge in [-0.25, -0.2) is 4.39 Å². The van der Waals surface area contributed by atoms with Crippen LogP contribution in [0.3, 0.4) is 0 Å². The molecule has 0 aliphatic carbocycles. The average Bonchev–Trinajstić information content (AvgIpc) is 2.23. The maximum Gasteiger partial charge on any atom is 0.126 e. The average molecular weight is 237 g/mol. The molecule has 0 fully saturated rings. The van der Waals surface area contributed by atoms with Crippen LogP contribution >= 0.6 is 0 Å². The van der Waals surface area contributed by atoms with E-state index >= 15 is 0 Å². The predicted molar refractivity (Wildman–Crippen MR) is 68.8 cm³/mol. The first-order valence-corrected chi connectivity index (χ1v) is 5.67. The van der Waals surface area contributed by atoms with Crippen molar-refractivity contribution < 1.29 is 9.13 Å². The number of halogens is 1. The Bertz CT molecular complexity index is 382. The van der Waals surface area contributed by atoms with Crippen LogP contribution < -0.4 is 10.1 Å². The van der Waals surface area contributed by atoms with Crippen molar-refractivity contribution >= 4 is 0 Å². The summed E-state index contributed by atoms with van der Waals surface area (Å²) in [5, 5.41) is 3.32. The summed E-state index contributed by atoms with van der Waals surface area (Å²) in [5.41, 5.74) is 0.992. The SMILES string of the molecule is C=C(CNC(C)(C)C)COc1cccc(F)c1. The van der Waals surface area contributed by atoms with E-state index in [4.69, 9.17) is 4.74 Å². The molecule has 0 heterocycles. The first-order valence-electron chi connectivity index (χ1n) is 5.67.